The molecule has 27 heavy (non-hydrogen) atoms. The third-order valence-corrected chi connectivity index (χ3v) is 4.84. The van der Waals surface area contributed by atoms with Gasteiger partial charge in [0.2, 0.25) is 0 Å². The van der Waals surface area contributed by atoms with Gasteiger partial charge in [-0.2, -0.15) is 0 Å². The molecule has 0 aliphatic carbocycles. The van der Waals surface area contributed by atoms with Crippen molar-refractivity contribution in [3.63, 3.8) is 0 Å². The molecule has 1 aliphatic rings. The number of halogens is 1. The van der Waals surface area contributed by atoms with E-state index in [-0.39, 0.29) is 16.6 Å². The van der Waals surface area contributed by atoms with Crippen LogP contribution in [0.15, 0.2) is 48.7 Å². The van der Waals surface area contributed by atoms with Crippen molar-refractivity contribution >= 4 is 23.5 Å². The Hall–Kier alpha value is -2.44. The highest BCUT2D eigenvalue weighted by Gasteiger charge is 2.28. The highest BCUT2D eigenvalue weighted by molar-refractivity contribution is 6.32. The Kier molecular flexibility index (Phi) is 6.42. The average molecular weight is 388 g/mol. The molecule has 0 spiro atoms. The van der Waals surface area contributed by atoms with E-state index >= 15 is 0 Å². The second kappa shape index (κ2) is 8.97. The zero-order valence-electron chi connectivity index (χ0n) is 15.2. The van der Waals surface area contributed by atoms with Gasteiger partial charge in [0.05, 0.1) is 5.56 Å². The normalized spacial score (nSPS) is 16.0. The highest BCUT2D eigenvalue weighted by Crippen LogP contribution is 2.15. The Morgan fingerprint density at radius 1 is 1.11 bits per heavy atom. The second-order valence-corrected chi connectivity index (χ2v) is 6.83. The lowest BCUT2D eigenvalue weighted by molar-refractivity contribution is -0.141. The minimum Gasteiger partial charge on any atom is -0.449 e. The highest BCUT2D eigenvalue weighted by atomic mass is 35.5. The molecule has 1 fully saturated rings. The summed E-state index contributed by atoms with van der Waals surface area (Å²) in [6.07, 6.45) is 0.622. The van der Waals surface area contributed by atoms with E-state index in [0.717, 1.165) is 19.6 Å². The monoisotopic (exact) mass is 387 g/mol. The smallest absolute Gasteiger partial charge is 0.342 e. The van der Waals surface area contributed by atoms with Gasteiger partial charge in [0.25, 0.3) is 5.91 Å². The van der Waals surface area contributed by atoms with Gasteiger partial charge in [-0.15, -0.1) is 0 Å². The molecule has 6 nitrogen and oxygen atoms in total. The zero-order valence-corrected chi connectivity index (χ0v) is 15.9. The number of nitrogens with zero attached hydrogens (tertiary/aromatic N) is 3. The maximum atomic E-state index is 12.6. The van der Waals surface area contributed by atoms with E-state index < -0.39 is 12.1 Å². The van der Waals surface area contributed by atoms with Crippen LogP contribution in [0.2, 0.25) is 5.15 Å². The van der Waals surface area contributed by atoms with E-state index in [1.165, 1.54) is 17.8 Å². The molecule has 1 aromatic heterocycles. The molecule has 3 rings (SSSR count). The number of rotatable bonds is 5. The summed E-state index contributed by atoms with van der Waals surface area (Å²) in [6, 6.07) is 13.4. The number of esters is 1. The van der Waals surface area contributed by atoms with Crippen molar-refractivity contribution in [3.05, 3.63) is 64.9 Å². The van der Waals surface area contributed by atoms with Crippen LogP contribution in [-0.2, 0) is 16.1 Å². The number of benzene rings is 1. The number of ether oxygens (including phenoxy) is 1. The fourth-order valence-corrected chi connectivity index (χ4v) is 3.23. The van der Waals surface area contributed by atoms with E-state index in [1.807, 2.05) is 18.2 Å². The summed E-state index contributed by atoms with van der Waals surface area (Å²) in [7, 11) is 0. The van der Waals surface area contributed by atoms with Crippen molar-refractivity contribution in [2.24, 2.45) is 0 Å². The van der Waals surface area contributed by atoms with Crippen molar-refractivity contribution in [1.82, 2.24) is 14.8 Å². The molecule has 0 radical (unpaired) electrons. The summed E-state index contributed by atoms with van der Waals surface area (Å²) in [4.78, 5) is 32.7. The first kappa shape index (κ1) is 19.3. The van der Waals surface area contributed by atoms with E-state index in [0.29, 0.717) is 13.1 Å². The van der Waals surface area contributed by atoms with Crippen LogP contribution < -0.4 is 0 Å². The van der Waals surface area contributed by atoms with Gasteiger partial charge in [0, 0.05) is 38.9 Å². The summed E-state index contributed by atoms with van der Waals surface area (Å²) < 4.78 is 5.29. The van der Waals surface area contributed by atoms with Gasteiger partial charge in [0.15, 0.2) is 6.10 Å². The number of piperazine rings is 1. The summed E-state index contributed by atoms with van der Waals surface area (Å²) in [6.45, 7) is 5.25. The first-order chi connectivity index (χ1) is 13.0. The summed E-state index contributed by atoms with van der Waals surface area (Å²) in [5.41, 5.74) is 1.42. The van der Waals surface area contributed by atoms with Crippen molar-refractivity contribution in [2.75, 3.05) is 26.2 Å². The molecule has 1 saturated heterocycles. The van der Waals surface area contributed by atoms with Crippen LogP contribution in [0.25, 0.3) is 0 Å². The maximum absolute atomic E-state index is 12.6. The van der Waals surface area contributed by atoms with Gasteiger partial charge < -0.3 is 9.64 Å². The molecule has 142 valence electrons. The number of carbonyl (C=O) groups is 2. The average Bonchev–Trinajstić information content (AvgIpc) is 2.69. The quantitative estimate of drug-likeness (QED) is 0.583. The largest absolute Gasteiger partial charge is 0.449 e. The molecule has 1 aromatic carbocycles. The second-order valence-electron chi connectivity index (χ2n) is 6.48. The van der Waals surface area contributed by atoms with Crippen molar-refractivity contribution in [1.29, 1.82) is 0 Å². The Morgan fingerprint density at radius 3 is 2.48 bits per heavy atom. The van der Waals surface area contributed by atoms with Crippen LogP contribution in [0.3, 0.4) is 0 Å². The molecular formula is C20H22ClN3O3. The predicted octanol–water partition coefficient (Wildman–Crippen LogP) is 2.62. The minimum absolute atomic E-state index is 0.0664. The molecule has 1 unspecified atom stereocenters. The molecule has 0 bridgehead atoms. The molecular weight excluding hydrogens is 366 g/mol. The number of aromatic nitrogens is 1. The molecule has 1 amide bonds. The Bertz CT molecular complexity index is 792. The summed E-state index contributed by atoms with van der Waals surface area (Å²) in [5, 5.41) is 0.0664. The minimum atomic E-state index is -0.866. The zero-order chi connectivity index (χ0) is 19.2. The molecule has 0 saturated carbocycles. The van der Waals surface area contributed by atoms with Crippen LogP contribution in [0.4, 0.5) is 0 Å². The Morgan fingerprint density at radius 2 is 1.81 bits per heavy atom. The molecule has 0 N–H and O–H groups in total. The standard InChI is InChI=1S/C20H22ClN3O3/c1-15(27-20(26)17-8-5-9-22-18(17)21)19(25)24-12-10-23(11-13-24)14-16-6-3-2-4-7-16/h2-9,15H,10-14H2,1H3. The SMILES string of the molecule is CC(OC(=O)c1cccnc1Cl)C(=O)N1CCN(Cc2ccccc2)CC1. The Balaban J connectivity index is 1.50. The fourth-order valence-electron chi connectivity index (χ4n) is 3.04. The number of carbonyl (C=O) groups excluding carboxylic acids is 2. The van der Waals surface area contributed by atoms with E-state index in [9.17, 15) is 9.59 Å². The van der Waals surface area contributed by atoms with E-state index in [4.69, 9.17) is 16.3 Å². The summed E-state index contributed by atoms with van der Waals surface area (Å²) >= 11 is 5.90. The van der Waals surface area contributed by atoms with Gasteiger partial charge in [-0.3, -0.25) is 9.69 Å². The lowest BCUT2D eigenvalue weighted by Gasteiger charge is -2.35. The van der Waals surface area contributed by atoms with Gasteiger partial charge in [-0.1, -0.05) is 41.9 Å². The van der Waals surface area contributed by atoms with Crippen molar-refractivity contribution < 1.29 is 14.3 Å². The van der Waals surface area contributed by atoms with E-state index in [2.05, 4.69) is 22.0 Å². The van der Waals surface area contributed by atoms with Crippen LogP contribution in [0.5, 0.6) is 0 Å². The fraction of sp³-hybridized carbons (Fsp3) is 0.350. The van der Waals surface area contributed by atoms with Gasteiger partial charge in [-0.25, -0.2) is 9.78 Å². The van der Waals surface area contributed by atoms with Crippen LogP contribution in [-0.4, -0.2) is 58.9 Å². The van der Waals surface area contributed by atoms with Gasteiger partial charge >= 0.3 is 5.97 Å². The lowest BCUT2D eigenvalue weighted by Crippen LogP contribution is -2.51. The topological polar surface area (TPSA) is 62.7 Å². The van der Waals surface area contributed by atoms with E-state index in [1.54, 1.807) is 17.9 Å². The van der Waals surface area contributed by atoms with Crippen LogP contribution in [0, 0.1) is 0 Å². The maximum Gasteiger partial charge on any atom is 0.342 e. The number of pyridine rings is 1. The lowest BCUT2D eigenvalue weighted by atomic mass is 10.2. The number of hydrogen-bond donors (Lipinski definition) is 0. The first-order valence-corrected chi connectivity index (χ1v) is 9.29. The third-order valence-electron chi connectivity index (χ3n) is 4.54. The molecule has 1 atom stereocenters. The third kappa shape index (κ3) is 5.05. The molecule has 2 heterocycles. The predicted molar refractivity (Wildman–Crippen MR) is 102 cm³/mol. The van der Waals surface area contributed by atoms with Crippen molar-refractivity contribution in [3.8, 4) is 0 Å². The first-order valence-electron chi connectivity index (χ1n) is 8.91. The van der Waals surface area contributed by atoms with Crippen molar-refractivity contribution in [2.45, 2.75) is 19.6 Å². The van der Waals surface area contributed by atoms with Gasteiger partial charge in [0.1, 0.15) is 5.15 Å². The number of hydrogen-bond acceptors (Lipinski definition) is 5. The van der Waals surface area contributed by atoms with Gasteiger partial charge in [-0.05, 0) is 24.6 Å². The van der Waals surface area contributed by atoms with Crippen LogP contribution >= 0.6 is 11.6 Å². The Labute approximate surface area is 163 Å². The molecule has 1 aliphatic heterocycles. The number of amides is 1. The molecule has 7 heteroatoms. The van der Waals surface area contributed by atoms with Crippen LogP contribution in [0.1, 0.15) is 22.8 Å². The summed E-state index contributed by atoms with van der Waals surface area (Å²) in [5.74, 6) is -0.834. The molecule has 2 aromatic rings.